The Morgan fingerprint density at radius 1 is 1.45 bits per heavy atom. The van der Waals surface area contributed by atoms with Crippen LogP contribution in [0.25, 0.3) is 0 Å². The summed E-state index contributed by atoms with van der Waals surface area (Å²) in [5.74, 6) is 0.687. The smallest absolute Gasteiger partial charge is 0.122 e. The minimum atomic E-state index is 0.378. The van der Waals surface area contributed by atoms with Gasteiger partial charge in [0.25, 0.3) is 0 Å². The fourth-order valence-corrected chi connectivity index (χ4v) is 3.13. The van der Waals surface area contributed by atoms with E-state index in [1.807, 2.05) is 12.3 Å². The van der Waals surface area contributed by atoms with Gasteiger partial charge in [0.2, 0.25) is 0 Å². The van der Waals surface area contributed by atoms with E-state index in [0.29, 0.717) is 10.9 Å². The summed E-state index contributed by atoms with van der Waals surface area (Å²) in [6, 6.07) is 4.84. The molecular formula is C16H25N3S. The van der Waals surface area contributed by atoms with Crippen molar-refractivity contribution < 1.29 is 0 Å². The summed E-state index contributed by atoms with van der Waals surface area (Å²) in [6.45, 7) is 6.69. The monoisotopic (exact) mass is 291 g/mol. The Hall–Kier alpha value is -1.00. The fraction of sp³-hybridized carbons (Fsp3) is 0.625. The van der Waals surface area contributed by atoms with Crippen LogP contribution < -0.4 is 5.73 Å². The maximum atomic E-state index is 5.67. The van der Waals surface area contributed by atoms with E-state index in [1.165, 1.54) is 31.2 Å². The molecule has 3 nitrogen and oxygen atoms in total. The van der Waals surface area contributed by atoms with Gasteiger partial charge in [-0.05, 0) is 36.5 Å². The molecule has 0 aromatic carbocycles. The Kier molecular flexibility index (Phi) is 5.49. The lowest BCUT2D eigenvalue weighted by Gasteiger charge is -2.30. The molecule has 1 aliphatic rings. The fourth-order valence-electron chi connectivity index (χ4n) is 3.02. The first-order chi connectivity index (χ1) is 9.56. The molecule has 110 valence electrons. The third-order valence-corrected chi connectivity index (χ3v) is 4.11. The summed E-state index contributed by atoms with van der Waals surface area (Å²) in [7, 11) is 0. The topological polar surface area (TPSA) is 42.2 Å². The summed E-state index contributed by atoms with van der Waals surface area (Å²) < 4.78 is 0. The Bertz CT molecular complexity index is 453. The van der Waals surface area contributed by atoms with Crippen LogP contribution in [-0.2, 0) is 6.54 Å². The first kappa shape index (κ1) is 15.4. The summed E-state index contributed by atoms with van der Waals surface area (Å²) in [5.41, 5.74) is 7.66. The SMILES string of the molecule is CC(C)CN(Cc1ccnc(C(N)=S)c1)C1CCCC1. The van der Waals surface area contributed by atoms with Crippen LogP contribution in [-0.4, -0.2) is 27.5 Å². The molecule has 2 rings (SSSR count). The van der Waals surface area contributed by atoms with Crippen LogP contribution in [0.3, 0.4) is 0 Å². The van der Waals surface area contributed by atoms with E-state index < -0.39 is 0 Å². The van der Waals surface area contributed by atoms with Crippen LogP contribution in [0, 0.1) is 5.92 Å². The van der Waals surface area contributed by atoms with E-state index in [2.05, 4.69) is 29.8 Å². The van der Waals surface area contributed by atoms with Gasteiger partial charge in [0.1, 0.15) is 4.99 Å². The highest BCUT2D eigenvalue weighted by Crippen LogP contribution is 2.25. The van der Waals surface area contributed by atoms with Gasteiger partial charge in [0.05, 0.1) is 5.69 Å². The van der Waals surface area contributed by atoms with Crippen LogP contribution in [0.4, 0.5) is 0 Å². The maximum absolute atomic E-state index is 5.67. The van der Waals surface area contributed by atoms with Crippen molar-refractivity contribution in [3.8, 4) is 0 Å². The van der Waals surface area contributed by atoms with Crippen molar-refractivity contribution in [3.05, 3.63) is 29.6 Å². The normalized spacial score (nSPS) is 16.2. The number of aromatic nitrogens is 1. The highest BCUT2D eigenvalue weighted by Gasteiger charge is 2.23. The molecule has 1 aromatic rings. The lowest BCUT2D eigenvalue weighted by Crippen LogP contribution is -2.35. The second kappa shape index (κ2) is 7.14. The molecule has 0 aliphatic heterocycles. The van der Waals surface area contributed by atoms with E-state index in [9.17, 15) is 0 Å². The van der Waals surface area contributed by atoms with E-state index in [1.54, 1.807) is 0 Å². The van der Waals surface area contributed by atoms with Gasteiger partial charge in [0, 0.05) is 25.3 Å². The predicted octanol–water partition coefficient (Wildman–Crippen LogP) is 3.12. The lowest BCUT2D eigenvalue weighted by atomic mass is 10.1. The molecule has 1 aliphatic carbocycles. The molecule has 0 saturated heterocycles. The first-order valence-corrected chi connectivity index (χ1v) is 7.96. The molecule has 2 N–H and O–H groups in total. The molecule has 1 heterocycles. The number of hydrogen-bond donors (Lipinski definition) is 1. The van der Waals surface area contributed by atoms with Crippen molar-refractivity contribution in [2.24, 2.45) is 11.7 Å². The van der Waals surface area contributed by atoms with Crippen molar-refractivity contribution >= 4 is 17.2 Å². The van der Waals surface area contributed by atoms with Gasteiger partial charge >= 0.3 is 0 Å². The zero-order valence-corrected chi connectivity index (χ0v) is 13.3. The number of thiocarbonyl (C=S) groups is 1. The molecule has 0 unspecified atom stereocenters. The molecule has 20 heavy (non-hydrogen) atoms. The van der Waals surface area contributed by atoms with E-state index in [-0.39, 0.29) is 0 Å². The highest BCUT2D eigenvalue weighted by atomic mass is 32.1. The number of pyridine rings is 1. The maximum Gasteiger partial charge on any atom is 0.122 e. The van der Waals surface area contributed by atoms with Gasteiger partial charge in [0.15, 0.2) is 0 Å². The molecule has 0 radical (unpaired) electrons. The quantitative estimate of drug-likeness (QED) is 0.818. The third kappa shape index (κ3) is 4.25. The first-order valence-electron chi connectivity index (χ1n) is 7.55. The number of hydrogen-bond acceptors (Lipinski definition) is 3. The van der Waals surface area contributed by atoms with Crippen molar-refractivity contribution in [3.63, 3.8) is 0 Å². The van der Waals surface area contributed by atoms with Crippen LogP contribution >= 0.6 is 12.2 Å². The molecule has 0 amide bonds. The zero-order valence-electron chi connectivity index (χ0n) is 12.5. The molecule has 1 fully saturated rings. The minimum absolute atomic E-state index is 0.378. The molecule has 1 saturated carbocycles. The third-order valence-electron chi connectivity index (χ3n) is 3.90. The largest absolute Gasteiger partial charge is 0.388 e. The average Bonchev–Trinajstić information content (AvgIpc) is 2.91. The number of rotatable bonds is 6. The van der Waals surface area contributed by atoms with Crippen molar-refractivity contribution in [1.29, 1.82) is 0 Å². The van der Waals surface area contributed by atoms with Gasteiger partial charge in [-0.3, -0.25) is 9.88 Å². The summed E-state index contributed by atoms with van der Waals surface area (Å²) in [5, 5.41) is 0. The van der Waals surface area contributed by atoms with Gasteiger partial charge < -0.3 is 5.73 Å². The van der Waals surface area contributed by atoms with Crippen LogP contribution in [0.5, 0.6) is 0 Å². The molecule has 0 spiro atoms. The van der Waals surface area contributed by atoms with Crippen LogP contribution in [0.1, 0.15) is 50.8 Å². The second-order valence-electron chi connectivity index (χ2n) is 6.18. The summed E-state index contributed by atoms with van der Waals surface area (Å²) in [4.78, 5) is 7.22. The van der Waals surface area contributed by atoms with Gasteiger partial charge in [-0.1, -0.05) is 38.9 Å². The number of nitrogens with two attached hydrogens (primary N) is 1. The van der Waals surface area contributed by atoms with Gasteiger partial charge in [-0.2, -0.15) is 0 Å². The molecular weight excluding hydrogens is 266 g/mol. The zero-order chi connectivity index (χ0) is 14.5. The summed E-state index contributed by atoms with van der Waals surface area (Å²) in [6.07, 6.45) is 7.22. The van der Waals surface area contributed by atoms with E-state index >= 15 is 0 Å². The Morgan fingerprint density at radius 2 is 2.15 bits per heavy atom. The molecule has 0 bridgehead atoms. The van der Waals surface area contributed by atoms with Crippen LogP contribution in [0.2, 0.25) is 0 Å². The highest BCUT2D eigenvalue weighted by molar-refractivity contribution is 7.80. The number of nitrogens with zero attached hydrogens (tertiary/aromatic N) is 2. The minimum Gasteiger partial charge on any atom is -0.388 e. The predicted molar refractivity (Wildman–Crippen MR) is 87.6 cm³/mol. The van der Waals surface area contributed by atoms with Gasteiger partial charge in [-0.25, -0.2) is 0 Å². The Morgan fingerprint density at radius 3 is 2.75 bits per heavy atom. The van der Waals surface area contributed by atoms with E-state index in [0.717, 1.165) is 24.8 Å². The molecule has 0 atom stereocenters. The Labute approximate surface area is 127 Å². The summed E-state index contributed by atoms with van der Waals surface area (Å²) >= 11 is 5.01. The van der Waals surface area contributed by atoms with Gasteiger partial charge in [-0.15, -0.1) is 0 Å². The van der Waals surface area contributed by atoms with Crippen molar-refractivity contribution in [2.75, 3.05) is 6.54 Å². The Balaban J connectivity index is 2.09. The second-order valence-corrected chi connectivity index (χ2v) is 6.61. The van der Waals surface area contributed by atoms with Crippen molar-refractivity contribution in [2.45, 2.75) is 52.1 Å². The lowest BCUT2D eigenvalue weighted by molar-refractivity contribution is 0.168. The van der Waals surface area contributed by atoms with Crippen LogP contribution in [0.15, 0.2) is 18.3 Å². The van der Waals surface area contributed by atoms with E-state index in [4.69, 9.17) is 18.0 Å². The molecule has 4 heteroatoms. The standard InChI is InChI=1S/C16H25N3S/c1-12(2)10-19(14-5-3-4-6-14)11-13-7-8-18-15(9-13)16(17)20/h7-9,12,14H,3-6,10-11H2,1-2H3,(H2,17,20). The average molecular weight is 291 g/mol. The molecule has 1 aromatic heterocycles. The van der Waals surface area contributed by atoms with Crippen molar-refractivity contribution in [1.82, 2.24) is 9.88 Å².